The van der Waals surface area contributed by atoms with Gasteiger partial charge in [0.25, 0.3) is 0 Å². The van der Waals surface area contributed by atoms with Gasteiger partial charge in [0.05, 0.1) is 6.07 Å². The standard InChI is InChI=1S/C10H16N2O2/c11-4-2-1-3-5-12-7-9(8-13)6-10(12)14/h9,13H,1-3,5-8H2. The lowest BCUT2D eigenvalue weighted by Gasteiger charge is -2.15. The summed E-state index contributed by atoms with van der Waals surface area (Å²) in [6.45, 7) is 1.51. The fourth-order valence-electron chi connectivity index (χ4n) is 1.70. The Hall–Kier alpha value is -1.08. The summed E-state index contributed by atoms with van der Waals surface area (Å²) in [5, 5.41) is 17.2. The predicted molar refractivity (Wildman–Crippen MR) is 51.2 cm³/mol. The van der Waals surface area contributed by atoms with Crippen molar-refractivity contribution in [3.05, 3.63) is 0 Å². The van der Waals surface area contributed by atoms with Crippen molar-refractivity contribution < 1.29 is 9.90 Å². The first kappa shape index (κ1) is 11.0. The number of aliphatic hydroxyl groups excluding tert-OH is 1. The maximum atomic E-state index is 11.4. The third kappa shape index (κ3) is 3.00. The first-order chi connectivity index (χ1) is 6.77. The Morgan fingerprint density at radius 3 is 2.93 bits per heavy atom. The van der Waals surface area contributed by atoms with E-state index in [4.69, 9.17) is 10.4 Å². The van der Waals surface area contributed by atoms with Crippen LogP contribution in [0, 0.1) is 17.2 Å². The number of amides is 1. The van der Waals surface area contributed by atoms with E-state index in [1.807, 2.05) is 0 Å². The van der Waals surface area contributed by atoms with Crippen molar-refractivity contribution in [3.8, 4) is 6.07 Å². The number of aliphatic hydroxyl groups is 1. The average molecular weight is 196 g/mol. The highest BCUT2D eigenvalue weighted by molar-refractivity contribution is 5.78. The van der Waals surface area contributed by atoms with E-state index in [0.29, 0.717) is 19.4 Å². The molecule has 0 spiro atoms. The van der Waals surface area contributed by atoms with Gasteiger partial charge in [-0.05, 0) is 12.8 Å². The van der Waals surface area contributed by atoms with Crippen molar-refractivity contribution in [1.82, 2.24) is 4.90 Å². The van der Waals surface area contributed by atoms with E-state index in [2.05, 4.69) is 6.07 Å². The molecule has 1 heterocycles. The minimum Gasteiger partial charge on any atom is -0.396 e. The first-order valence-electron chi connectivity index (χ1n) is 5.03. The Balaban J connectivity index is 2.19. The average Bonchev–Trinajstić information content (AvgIpc) is 2.54. The summed E-state index contributed by atoms with van der Waals surface area (Å²) in [4.78, 5) is 13.1. The molecular weight excluding hydrogens is 180 g/mol. The van der Waals surface area contributed by atoms with E-state index in [1.165, 1.54) is 0 Å². The summed E-state index contributed by atoms with van der Waals surface area (Å²) in [5.74, 6) is 0.263. The van der Waals surface area contributed by atoms with Crippen LogP contribution >= 0.6 is 0 Å². The molecule has 4 nitrogen and oxygen atoms in total. The molecule has 1 amide bonds. The number of nitrogens with zero attached hydrogens (tertiary/aromatic N) is 2. The minimum absolute atomic E-state index is 0.0977. The molecule has 0 radical (unpaired) electrons. The van der Waals surface area contributed by atoms with Crippen LogP contribution in [0.15, 0.2) is 0 Å². The molecule has 1 rings (SSSR count). The van der Waals surface area contributed by atoms with Crippen molar-refractivity contribution in [3.63, 3.8) is 0 Å². The normalized spacial score (nSPS) is 21.3. The summed E-state index contributed by atoms with van der Waals surface area (Å²) < 4.78 is 0. The van der Waals surface area contributed by atoms with Gasteiger partial charge in [-0.1, -0.05) is 0 Å². The highest BCUT2D eigenvalue weighted by Crippen LogP contribution is 2.17. The summed E-state index contributed by atoms with van der Waals surface area (Å²) in [5.41, 5.74) is 0. The van der Waals surface area contributed by atoms with Crippen molar-refractivity contribution in [1.29, 1.82) is 5.26 Å². The number of unbranched alkanes of at least 4 members (excludes halogenated alkanes) is 2. The van der Waals surface area contributed by atoms with Crippen LogP contribution in [-0.2, 0) is 4.79 Å². The van der Waals surface area contributed by atoms with Crippen molar-refractivity contribution in [2.24, 2.45) is 5.92 Å². The fourth-order valence-corrected chi connectivity index (χ4v) is 1.70. The van der Waals surface area contributed by atoms with Gasteiger partial charge in [0.15, 0.2) is 0 Å². The minimum atomic E-state index is 0.0977. The van der Waals surface area contributed by atoms with Crippen LogP contribution in [0.3, 0.4) is 0 Å². The summed E-state index contributed by atoms with van der Waals surface area (Å²) in [7, 11) is 0. The molecule has 1 aliphatic rings. The lowest BCUT2D eigenvalue weighted by atomic mass is 10.1. The van der Waals surface area contributed by atoms with Gasteiger partial charge in [-0.2, -0.15) is 5.26 Å². The molecule has 0 aliphatic carbocycles. The number of carbonyl (C=O) groups excluding carboxylic acids is 1. The van der Waals surface area contributed by atoms with Gasteiger partial charge in [0, 0.05) is 38.5 Å². The predicted octanol–water partition coefficient (Wildman–Crippen LogP) is 0.521. The lowest BCUT2D eigenvalue weighted by molar-refractivity contribution is -0.127. The van der Waals surface area contributed by atoms with E-state index < -0.39 is 0 Å². The van der Waals surface area contributed by atoms with Crippen molar-refractivity contribution >= 4 is 5.91 Å². The van der Waals surface area contributed by atoms with E-state index in [9.17, 15) is 4.79 Å². The number of hydrogen-bond donors (Lipinski definition) is 1. The van der Waals surface area contributed by atoms with Crippen molar-refractivity contribution in [2.75, 3.05) is 19.7 Å². The van der Waals surface area contributed by atoms with Gasteiger partial charge < -0.3 is 10.0 Å². The van der Waals surface area contributed by atoms with E-state index >= 15 is 0 Å². The van der Waals surface area contributed by atoms with Gasteiger partial charge in [0.2, 0.25) is 5.91 Å². The Morgan fingerprint density at radius 2 is 2.36 bits per heavy atom. The highest BCUT2D eigenvalue weighted by atomic mass is 16.3. The van der Waals surface area contributed by atoms with Crippen LogP contribution in [-0.4, -0.2) is 35.6 Å². The van der Waals surface area contributed by atoms with Crippen molar-refractivity contribution in [2.45, 2.75) is 25.7 Å². The number of rotatable bonds is 5. The molecule has 4 heteroatoms. The summed E-state index contributed by atoms with van der Waals surface area (Å²) >= 11 is 0. The Morgan fingerprint density at radius 1 is 1.57 bits per heavy atom. The second kappa shape index (κ2) is 5.61. The van der Waals surface area contributed by atoms with Crippen LogP contribution in [0.5, 0.6) is 0 Å². The zero-order valence-electron chi connectivity index (χ0n) is 8.28. The third-order valence-corrected chi connectivity index (χ3v) is 2.52. The number of likely N-dealkylation sites (tertiary alicyclic amines) is 1. The van der Waals surface area contributed by atoms with Crippen LogP contribution in [0.25, 0.3) is 0 Å². The topological polar surface area (TPSA) is 64.3 Å². The molecular formula is C10H16N2O2. The molecule has 14 heavy (non-hydrogen) atoms. The molecule has 0 aromatic heterocycles. The molecule has 1 unspecified atom stereocenters. The van der Waals surface area contributed by atoms with Crippen LogP contribution in [0.4, 0.5) is 0 Å². The molecule has 1 aliphatic heterocycles. The molecule has 1 N–H and O–H groups in total. The second-order valence-corrected chi connectivity index (χ2v) is 3.71. The Bertz CT molecular complexity index is 235. The molecule has 0 saturated carbocycles. The van der Waals surface area contributed by atoms with Crippen LogP contribution < -0.4 is 0 Å². The first-order valence-corrected chi connectivity index (χ1v) is 5.03. The zero-order chi connectivity index (χ0) is 10.4. The lowest BCUT2D eigenvalue weighted by Crippen LogP contribution is -2.26. The van der Waals surface area contributed by atoms with E-state index in [0.717, 1.165) is 19.4 Å². The third-order valence-electron chi connectivity index (χ3n) is 2.52. The monoisotopic (exact) mass is 196 g/mol. The molecule has 0 aromatic carbocycles. The summed E-state index contributed by atoms with van der Waals surface area (Å²) in [6, 6.07) is 2.08. The number of carbonyl (C=O) groups is 1. The highest BCUT2D eigenvalue weighted by Gasteiger charge is 2.28. The molecule has 1 atom stereocenters. The molecule has 0 bridgehead atoms. The van der Waals surface area contributed by atoms with Crippen LogP contribution in [0.2, 0.25) is 0 Å². The largest absolute Gasteiger partial charge is 0.396 e. The molecule has 78 valence electrons. The molecule has 1 saturated heterocycles. The summed E-state index contributed by atoms with van der Waals surface area (Å²) in [6.07, 6.45) is 2.78. The van der Waals surface area contributed by atoms with Gasteiger partial charge in [-0.15, -0.1) is 0 Å². The maximum absolute atomic E-state index is 11.4. The second-order valence-electron chi connectivity index (χ2n) is 3.71. The van der Waals surface area contributed by atoms with Gasteiger partial charge in [-0.3, -0.25) is 4.79 Å². The smallest absolute Gasteiger partial charge is 0.223 e. The number of nitriles is 1. The van der Waals surface area contributed by atoms with E-state index in [1.54, 1.807) is 4.90 Å². The van der Waals surface area contributed by atoms with Gasteiger partial charge in [-0.25, -0.2) is 0 Å². The Labute approximate surface area is 84.1 Å². The van der Waals surface area contributed by atoms with Gasteiger partial charge in [0.1, 0.15) is 0 Å². The molecule has 0 aromatic rings. The maximum Gasteiger partial charge on any atom is 0.223 e. The van der Waals surface area contributed by atoms with E-state index in [-0.39, 0.29) is 18.4 Å². The molecule has 1 fully saturated rings. The zero-order valence-corrected chi connectivity index (χ0v) is 8.28. The van der Waals surface area contributed by atoms with Crippen LogP contribution in [0.1, 0.15) is 25.7 Å². The van der Waals surface area contributed by atoms with Gasteiger partial charge >= 0.3 is 0 Å². The number of hydrogen-bond acceptors (Lipinski definition) is 3. The fraction of sp³-hybridized carbons (Fsp3) is 0.800. The SMILES string of the molecule is N#CCCCCN1CC(CO)CC1=O. The Kier molecular flexibility index (Phi) is 4.41. The quantitative estimate of drug-likeness (QED) is 0.652.